The van der Waals surface area contributed by atoms with Crippen LogP contribution >= 0.6 is 0 Å². The normalized spacial score (nSPS) is 11.1. The molecule has 0 spiro atoms. The van der Waals surface area contributed by atoms with Gasteiger partial charge in [-0.2, -0.15) is 0 Å². The van der Waals surface area contributed by atoms with E-state index < -0.39 is 5.41 Å². The summed E-state index contributed by atoms with van der Waals surface area (Å²) in [5, 5.41) is 2.82. The quantitative estimate of drug-likeness (QED) is 0.816. The Labute approximate surface area is 109 Å². The monoisotopic (exact) mass is 250 g/mol. The van der Waals surface area contributed by atoms with Gasteiger partial charge < -0.3 is 10.1 Å². The first-order valence-corrected chi connectivity index (χ1v) is 6.34. The molecule has 1 heterocycles. The van der Waals surface area contributed by atoms with E-state index in [0.717, 1.165) is 12.8 Å². The van der Waals surface area contributed by atoms with Crippen LogP contribution in [0.1, 0.15) is 40.5 Å². The second-order valence-electron chi connectivity index (χ2n) is 5.29. The van der Waals surface area contributed by atoms with E-state index in [1.807, 2.05) is 20.8 Å². The highest BCUT2D eigenvalue weighted by Gasteiger charge is 2.21. The SMILES string of the molecule is CCCCOc1ccc(NC(=O)C(C)(C)C)cn1. The fraction of sp³-hybridized carbons (Fsp3) is 0.571. The molecule has 0 atom stereocenters. The number of amides is 1. The highest BCUT2D eigenvalue weighted by molar-refractivity contribution is 5.94. The number of unbranched alkanes of at least 4 members (excludes halogenated alkanes) is 1. The Balaban J connectivity index is 2.53. The smallest absolute Gasteiger partial charge is 0.229 e. The van der Waals surface area contributed by atoms with Crippen LogP contribution in [0.5, 0.6) is 5.88 Å². The fourth-order valence-electron chi connectivity index (χ4n) is 1.18. The molecule has 0 aliphatic carbocycles. The van der Waals surface area contributed by atoms with Gasteiger partial charge in [0.15, 0.2) is 0 Å². The van der Waals surface area contributed by atoms with E-state index in [2.05, 4.69) is 17.2 Å². The van der Waals surface area contributed by atoms with Gasteiger partial charge in [0.05, 0.1) is 18.5 Å². The Bertz CT molecular complexity index is 380. The number of nitrogens with zero attached hydrogens (tertiary/aromatic N) is 1. The summed E-state index contributed by atoms with van der Waals surface area (Å²) in [6.07, 6.45) is 3.73. The molecule has 0 saturated heterocycles. The van der Waals surface area contributed by atoms with Gasteiger partial charge in [-0.05, 0) is 12.5 Å². The van der Waals surface area contributed by atoms with E-state index in [1.165, 1.54) is 0 Å². The van der Waals surface area contributed by atoms with Crippen molar-refractivity contribution in [2.75, 3.05) is 11.9 Å². The van der Waals surface area contributed by atoms with Crippen LogP contribution in [0.15, 0.2) is 18.3 Å². The number of hydrogen-bond donors (Lipinski definition) is 1. The van der Waals surface area contributed by atoms with Crippen LogP contribution < -0.4 is 10.1 Å². The van der Waals surface area contributed by atoms with E-state index in [1.54, 1.807) is 18.3 Å². The molecule has 18 heavy (non-hydrogen) atoms. The first-order valence-electron chi connectivity index (χ1n) is 6.34. The Morgan fingerprint density at radius 2 is 2.11 bits per heavy atom. The van der Waals surface area contributed by atoms with Crippen LogP contribution in [0.4, 0.5) is 5.69 Å². The van der Waals surface area contributed by atoms with Crippen LogP contribution in [0.2, 0.25) is 0 Å². The molecule has 0 unspecified atom stereocenters. The van der Waals surface area contributed by atoms with Gasteiger partial charge in [0.25, 0.3) is 0 Å². The lowest BCUT2D eigenvalue weighted by Crippen LogP contribution is -2.27. The van der Waals surface area contributed by atoms with E-state index in [4.69, 9.17) is 4.74 Å². The summed E-state index contributed by atoms with van der Waals surface area (Å²) in [6.45, 7) is 8.41. The Hall–Kier alpha value is -1.58. The van der Waals surface area contributed by atoms with Crippen LogP contribution in [-0.4, -0.2) is 17.5 Å². The zero-order valence-corrected chi connectivity index (χ0v) is 11.6. The van der Waals surface area contributed by atoms with Crippen molar-refractivity contribution in [3.05, 3.63) is 18.3 Å². The summed E-state index contributed by atoms with van der Waals surface area (Å²) in [5.41, 5.74) is 0.286. The van der Waals surface area contributed by atoms with E-state index in [9.17, 15) is 4.79 Å². The molecule has 0 bridgehead atoms. The molecule has 0 radical (unpaired) electrons. The van der Waals surface area contributed by atoms with Crippen molar-refractivity contribution in [2.45, 2.75) is 40.5 Å². The predicted molar refractivity (Wildman–Crippen MR) is 72.7 cm³/mol. The van der Waals surface area contributed by atoms with E-state index in [-0.39, 0.29) is 5.91 Å². The molecule has 1 rings (SSSR count). The topological polar surface area (TPSA) is 51.2 Å². The lowest BCUT2D eigenvalue weighted by molar-refractivity contribution is -0.123. The highest BCUT2D eigenvalue weighted by atomic mass is 16.5. The molecule has 0 fully saturated rings. The summed E-state index contributed by atoms with van der Waals surface area (Å²) < 4.78 is 5.45. The number of aromatic nitrogens is 1. The largest absolute Gasteiger partial charge is 0.478 e. The Morgan fingerprint density at radius 1 is 1.39 bits per heavy atom. The van der Waals surface area contributed by atoms with Gasteiger partial charge in [0.1, 0.15) is 0 Å². The zero-order valence-electron chi connectivity index (χ0n) is 11.6. The summed E-state index contributed by atoms with van der Waals surface area (Å²) in [5.74, 6) is 0.571. The molecule has 1 aromatic heterocycles. The number of ether oxygens (including phenoxy) is 1. The minimum absolute atomic E-state index is 0.0241. The minimum atomic E-state index is -0.406. The minimum Gasteiger partial charge on any atom is -0.478 e. The van der Waals surface area contributed by atoms with Crippen molar-refractivity contribution in [3.8, 4) is 5.88 Å². The first-order chi connectivity index (χ1) is 8.43. The van der Waals surface area contributed by atoms with Crippen molar-refractivity contribution < 1.29 is 9.53 Å². The van der Waals surface area contributed by atoms with Gasteiger partial charge in [0.2, 0.25) is 11.8 Å². The summed E-state index contributed by atoms with van der Waals surface area (Å²) in [6, 6.07) is 3.58. The second kappa shape index (κ2) is 6.38. The Morgan fingerprint density at radius 3 is 2.61 bits per heavy atom. The molecule has 0 aliphatic rings. The molecule has 1 N–H and O–H groups in total. The van der Waals surface area contributed by atoms with Crippen molar-refractivity contribution >= 4 is 11.6 Å². The molecule has 0 aromatic carbocycles. The third kappa shape index (κ3) is 4.73. The predicted octanol–water partition coefficient (Wildman–Crippen LogP) is 3.25. The van der Waals surface area contributed by atoms with Gasteiger partial charge in [-0.25, -0.2) is 4.98 Å². The van der Waals surface area contributed by atoms with Gasteiger partial charge in [-0.3, -0.25) is 4.79 Å². The number of nitrogens with one attached hydrogen (secondary N) is 1. The number of anilines is 1. The Kier molecular flexibility index (Phi) is 5.13. The number of rotatable bonds is 5. The lowest BCUT2D eigenvalue weighted by atomic mass is 9.96. The standard InChI is InChI=1S/C14H22N2O2/c1-5-6-9-18-12-8-7-11(10-15-12)16-13(17)14(2,3)4/h7-8,10H,5-6,9H2,1-4H3,(H,16,17). The number of hydrogen-bond acceptors (Lipinski definition) is 3. The maximum Gasteiger partial charge on any atom is 0.229 e. The average Bonchev–Trinajstić information content (AvgIpc) is 2.30. The van der Waals surface area contributed by atoms with Gasteiger partial charge in [-0.1, -0.05) is 34.1 Å². The second-order valence-corrected chi connectivity index (χ2v) is 5.29. The van der Waals surface area contributed by atoms with Gasteiger partial charge in [-0.15, -0.1) is 0 Å². The first kappa shape index (κ1) is 14.5. The molecule has 4 nitrogen and oxygen atoms in total. The molecule has 1 aromatic rings. The van der Waals surface area contributed by atoms with Crippen molar-refractivity contribution in [3.63, 3.8) is 0 Å². The summed E-state index contributed by atoms with van der Waals surface area (Å²) in [4.78, 5) is 15.9. The molecule has 0 aliphatic heterocycles. The van der Waals surface area contributed by atoms with Crippen molar-refractivity contribution in [1.29, 1.82) is 0 Å². The zero-order chi connectivity index (χ0) is 13.6. The number of carbonyl (C=O) groups is 1. The number of pyridine rings is 1. The molecule has 1 amide bonds. The van der Waals surface area contributed by atoms with Crippen LogP contribution in [-0.2, 0) is 4.79 Å². The third-order valence-electron chi connectivity index (χ3n) is 2.42. The maximum absolute atomic E-state index is 11.8. The van der Waals surface area contributed by atoms with E-state index in [0.29, 0.717) is 18.2 Å². The molecular formula is C14H22N2O2. The summed E-state index contributed by atoms with van der Waals surface area (Å²) in [7, 11) is 0. The van der Waals surface area contributed by atoms with E-state index >= 15 is 0 Å². The summed E-state index contributed by atoms with van der Waals surface area (Å²) >= 11 is 0. The lowest BCUT2D eigenvalue weighted by Gasteiger charge is -2.17. The molecule has 4 heteroatoms. The van der Waals surface area contributed by atoms with Crippen LogP contribution in [0.3, 0.4) is 0 Å². The van der Waals surface area contributed by atoms with Crippen LogP contribution in [0, 0.1) is 5.41 Å². The highest BCUT2D eigenvalue weighted by Crippen LogP contribution is 2.18. The van der Waals surface area contributed by atoms with Gasteiger partial charge in [0, 0.05) is 11.5 Å². The molecular weight excluding hydrogens is 228 g/mol. The van der Waals surface area contributed by atoms with Crippen molar-refractivity contribution in [2.24, 2.45) is 5.41 Å². The van der Waals surface area contributed by atoms with Gasteiger partial charge >= 0.3 is 0 Å². The fourth-order valence-corrected chi connectivity index (χ4v) is 1.18. The molecule has 100 valence electrons. The maximum atomic E-state index is 11.8. The van der Waals surface area contributed by atoms with Crippen LogP contribution in [0.25, 0.3) is 0 Å². The third-order valence-corrected chi connectivity index (χ3v) is 2.42. The average molecular weight is 250 g/mol. The number of carbonyl (C=O) groups excluding carboxylic acids is 1. The van der Waals surface area contributed by atoms with Crippen molar-refractivity contribution in [1.82, 2.24) is 4.98 Å². The molecule has 0 saturated carbocycles.